The van der Waals surface area contributed by atoms with Gasteiger partial charge in [-0.3, -0.25) is 23.9 Å². The summed E-state index contributed by atoms with van der Waals surface area (Å²) in [6.07, 6.45) is 0.500. The van der Waals surface area contributed by atoms with Crippen LogP contribution in [0, 0.1) is 0 Å². The maximum Gasteiger partial charge on any atom is 0.407 e. The zero-order valence-electron chi connectivity index (χ0n) is 27.2. The molecule has 0 aliphatic heterocycles. The first-order valence-electron chi connectivity index (χ1n) is 16.2. The van der Waals surface area contributed by atoms with Gasteiger partial charge in [-0.2, -0.15) is 0 Å². The van der Waals surface area contributed by atoms with Crippen molar-refractivity contribution in [1.29, 1.82) is 0 Å². The minimum Gasteiger partial charge on any atom is -0.480 e. The van der Waals surface area contributed by atoms with Crippen LogP contribution in [0.25, 0.3) is 32.9 Å². The highest BCUT2D eigenvalue weighted by Crippen LogP contribution is 2.44. The van der Waals surface area contributed by atoms with Crippen molar-refractivity contribution in [2.75, 3.05) is 31.6 Å². The lowest BCUT2D eigenvalue weighted by Gasteiger charge is -2.22. The molecule has 13 heteroatoms. The lowest BCUT2D eigenvalue weighted by atomic mass is 9.98. The fraction of sp³-hybridized carbons (Fsp3) is 0.158. The molecule has 0 unspecified atom stereocenters. The molecular formula is C38H32N6O7. The van der Waals surface area contributed by atoms with E-state index >= 15 is 0 Å². The fourth-order valence-electron chi connectivity index (χ4n) is 6.47. The topological polar surface area (TPSA) is 176 Å². The van der Waals surface area contributed by atoms with E-state index in [9.17, 15) is 29.1 Å². The van der Waals surface area contributed by atoms with Gasteiger partial charge in [0.1, 0.15) is 25.4 Å². The van der Waals surface area contributed by atoms with Crippen LogP contribution in [0.3, 0.4) is 0 Å². The fourth-order valence-corrected chi connectivity index (χ4v) is 6.47. The summed E-state index contributed by atoms with van der Waals surface area (Å²) in [6.45, 7) is -1.43. The maximum atomic E-state index is 13.4. The number of rotatable bonds is 11. The van der Waals surface area contributed by atoms with Gasteiger partial charge in [0.25, 0.3) is 5.56 Å². The summed E-state index contributed by atoms with van der Waals surface area (Å²) in [5.74, 6) is -2.14. The average Bonchev–Trinajstić information content (AvgIpc) is 3.45. The summed E-state index contributed by atoms with van der Waals surface area (Å²) >= 11 is 0. The Hall–Kier alpha value is -6.76. The number of aliphatic carboxylic acids is 1. The number of nitrogens with zero attached hydrogens (tertiary/aromatic N) is 3. The molecule has 0 saturated carbocycles. The average molecular weight is 685 g/mol. The van der Waals surface area contributed by atoms with Crippen molar-refractivity contribution in [1.82, 2.24) is 24.8 Å². The third-order valence-corrected chi connectivity index (χ3v) is 8.84. The van der Waals surface area contributed by atoms with Crippen molar-refractivity contribution in [3.63, 3.8) is 0 Å². The smallest absolute Gasteiger partial charge is 0.407 e. The van der Waals surface area contributed by atoms with Crippen LogP contribution in [0.5, 0.6) is 0 Å². The largest absolute Gasteiger partial charge is 0.480 e. The molecule has 4 aromatic carbocycles. The SMILES string of the molecule is O=C(O)CN(CCNC(=O)OCC1c2ccccc2-c2ccccc21)C(=O)Cn1cc(Nc2c3ccccc3nc3ccccc23)c(=O)[nH]c1=O. The lowest BCUT2D eigenvalue weighted by molar-refractivity contribution is -0.144. The Balaban J connectivity index is 1.02. The normalized spacial score (nSPS) is 11.9. The summed E-state index contributed by atoms with van der Waals surface area (Å²) in [5.41, 5.74) is 4.70. The van der Waals surface area contributed by atoms with Crippen LogP contribution in [0.1, 0.15) is 17.0 Å². The zero-order valence-corrected chi connectivity index (χ0v) is 27.2. The summed E-state index contributed by atoms with van der Waals surface area (Å²) < 4.78 is 6.53. The molecule has 1 aliphatic rings. The number of ether oxygens (including phenoxy) is 1. The summed E-state index contributed by atoms with van der Waals surface area (Å²) in [4.78, 5) is 71.3. The van der Waals surface area contributed by atoms with E-state index in [1.807, 2.05) is 97.1 Å². The van der Waals surface area contributed by atoms with Gasteiger partial charge in [0.2, 0.25) is 5.91 Å². The summed E-state index contributed by atoms with van der Waals surface area (Å²) in [7, 11) is 0. The second-order valence-electron chi connectivity index (χ2n) is 12.0. The quantitative estimate of drug-likeness (QED) is 0.144. The number of pyridine rings is 1. The van der Waals surface area contributed by atoms with Crippen LogP contribution in [-0.2, 0) is 20.9 Å². The van der Waals surface area contributed by atoms with E-state index in [4.69, 9.17) is 4.74 Å². The van der Waals surface area contributed by atoms with Crippen LogP contribution < -0.4 is 21.9 Å². The molecule has 2 amide bonds. The highest BCUT2D eigenvalue weighted by molar-refractivity contribution is 6.08. The molecule has 1 aliphatic carbocycles. The lowest BCUT2D eigenvalue weighted by Crippen LogP contribution is -2.44. The number of aromatic amines is 1. The van der Waals surface area contributed by atoms with E-state index in [-0.39, 0.29) is 31.3 Å². The monoisotopic (exact) mass is 684 g/mol. The Morgan fingerprint density at radius 1 is 0.843 bits per heavy atom. The van der Waals surface area contributed by atoms with Crippen LogP contribution in [0.4, 0.5) is 16.2 Å². The van der Waals surface area contributed by atoms with Crippen LogP contribution in [0.2, 0.25) is 0 Å². The first-order chi connectivity index (χ1) is 24.8. The number of fused-ring (bicyclic) bond motifs is 5. The number of para-hydroxylation sites is 2. The van der Waals surface area contributed by atoms with Gasteiger partial charge in [0.15, 0.2) is 0 Å². The molecule has 4 N–H and O–H groups in total. The number of carboxylic acids is 1. The number of amides is 2. The highest BCUT2D eigenvalue weighted by Gasteiger charge is 2.29. The van der Waals surface area contributed by atoms with Gasteiger partial charge in [-0.25, -0.2) is 14.6 Å². The molecule has 7 rings (SSSR count). The minimum atomic E-state index is -1.28. The minimum absolute atomic E-state index is 0.00869. The number of hydrogen-bond acceptors (Lipinski definition) is 8. The van der Waals surface area contributed by atoms with Crippen molar-refractivity contribution in [2.45, 2.75) is 12.5 Å². The van der Waals surface area contributed by atoms with Crippen molar-refractivity contribution in [2.24, 2.45) is 0 Å². The molecule has 0 atom stereocenters. The van der Waals surface area contributed by atoms with E-state index in [0.717, 1.165) is 42.5 Å². The third-order valence-electron chi connectivity index (χ3n) is 8.84. The van der Waals surface area contributed by atoms with Crippen LogP contribution >= 0.6 is 0 Å². The van der Waals surface area contributed by atoms with E-state index in [0.29, 0.717) is 16.7 Å². The van der Waals surface area contributed by atoms with Crippen LogP contribution in [-0.4, -0.2) is 68.8 Å². The first-order valence-corrected chi connectivity index (χ1v) is 16.2. The number of carbonyl (C=O) groups excluding carboxylic acids is 2. The third kappa shape index (κ3) is 6.77. The summed E-state index contributed by atoms with van der Waals surface area (Å²) in [6, 6.07) is 30.7. The number of H-pyrrole nitrogens is 1. The van der Waals surface area contributed by atoms with Crippen molar-refractivity contribution in [3.05, 3.63) is 135 Å². The molecule has 0 spiro atoms. The van der Waals surface area contributed by atoms with Gasteiger partial charge >= 0.3 is 17.8 Å². The molecule has 0 saturated heterocycles. The standard InChI is InChI=1S/C38H32N6O7/c45-33(20-44-19-32(36(48)42-37(44)49)41-35-27-13-5-7-15-30(27)40-31-16-8-6-14-28(31)35)43(21-34(46)47)18-17-39-38(50)51-22-29-25-11-3-1-9-23(25)24-10-2-4-12-26(24)29/h1-16,19,29H,17-18,20-22H2,(H,39,50)(H,40,41)(H,46,47)(H,42,48,49). The van der Waals surface area contributed by atoms with Crippen molar-refractivity contribution < 1.29 is 24.2 Å². The van der Waals surface area contributed by atoms with Gasteiger partial charge in [-0.15, -0.1) is 0 Å². The Kier molecular flexibility index (Phi) is 8.99. The Morgan fingerprint density at radius 2 is 1.43 bits per heavy atom. The zero-order chi connectivity index (χ0) is 35.5. The van der Waals surface area contributed by atoms with E-state index in [2.05, 4.69) is 20.6 Å². The molecule has 13 nitrogen and oxygen atoms in total. The maximum absolute atomic E-state index is 13.4. The molecule has 0 fully saturated rings. The number of benzene rings is 4. The van der Waals surface area contributed by atoms with Gasteiger partial charge < -0.3 is 25.4 Å². The molecule has 256 valence electrons. The van der Waals surface area contributed by atoms with Gasteiger partial charge in [0.05, 0.1) is 16.7 Å². The number of anilines is 2. The number of aromatic nitrogens is 3. The molecule has 0 bridgehead atoms. The molecule has 51 heavy (non-hydrogen) atoms. The number of alkyl carbamates (subject to hydrolysis) is 1. The predicted octanol–water partition coefficient (Wildman–Crippen LogP) is 4.43. The van der Waals surface area contributed by atoms with Gasteiger partial charge in [-0.1, -0.05) is 84.9 Å². The molecule has 2 aromatic heterocycles. The van der Waals surface area contributed by atoms with Crippen molar-refractivity contribution >= 4 is 51.2 Å². The molecular weight excluding hydrogens is 652 g/mol. The second kappa shape index (κ2) is 14.0. The Labute approximate surface area is 290 Å². The number of carboxylic acid groups (broad SMARTS) is 1. The van der Waals surface area contributed by atoms with E-state index in [1.54, 1.807) is 0 Å². The number of nitrogens with one attached hydrogen (secondary N) is 3. The molecule has 0 radical (unpaired) electrons. The van der Waals surface area contributed by atoms with E-state index in [1.165, 1.54) is 6.20 Å². The Morgan fingerprint density at radius 3 is 2.06 bits per heavy atom. The van der Waals surface area contributed by atoms with Gasteiger partial charge in [0, 0.05) is 36.0 Å². The molecule has 2 heterocycles. The Bertz CT molecular complexity index is 2340. The number of carbonyl (C=O) groups is 3. The number of hydrogen-bond donors (Lipinski definition) is 4. The van der Waals surface area contributed by atoms with Crippen LogP contribution in [0.15, 0.2) is 113 Å². The summed E-state index contributed by atoms with van der Waals surface area (Å²) in [5, 5.41) is 16.7. The second-order valence-corrected chi connectivity index (χ2v) is 12.0. The van der Waals surface area contributed by atoms with Crippen molar-refractivity contribution in [3.8, 4) is 11.1 Å². The van der Waals surface area contributed by atoms with Gasteiger partial charge in [-0.05, 0) is 34.4 Å². The molecule has 6 aromatic rings. The predicted molar refractivity (Wildman–Crippen MR) is 191 cm³/mol. The highest BCUT2D eigenvalue weighted by atomic mass is 16.5. The van der Waals surface area contributed by atoms with E-state index < -0.39 is 42.3 Å². The first kappa shape index (κ1) is 32.8.